The number of carboxylic acids is 1. The van der Waals surface area contributed by atoms with Crippen LogP contribution in [0.2, 0.25) is 5.02 Å². The Hall–Kier alpha value is -3.78. The minimum atomic E-state index is -0.976. The maximum absolute atomic E-state index is 12.9. The maximum Gasteiger partial charge on any atom is 0.324 e. The summed E-state index contributed by atoms with van der Waals surface area (Å²) in [5.74, 6) is -0.846. The van der Waals surface area contributed by atoms with Crippen LogP contribution in [0.25, 0.3) is 11.3 Å². The molecule has 1 atom stereocenters. The zero-order chi connectivity index (χ0) is 23.6. The molecule has 1 aromatic heterocycles. The van der Waals surface area contributed by atoms with Crippen molar-refractivity contribution in [2.45, 2.75) is 26.2 Å². The monoisotopic (exact) mass is 464 g/mol. The lowest BCUT2D eigenvalue weighted by molar-refractivity contribution is -0.139. The number of hydrogen-bond donors (Lipinski definition) is 3. The second-order valence-corrected chi connectivity index (χ2v) is 8.65. The number of ketones is 1. The van der Waals surface area contributed by atoms with Gasteiger partial charge in [-0.1, -0.05) is 36.7 Å². The summed E-state index contributed by atoms with van der Waals surface area (Å²) >= 11 is 5.91. The van der Waals surface area contributed by atoms with Gasteiger partial charge in [-0.25, -0.2) is 9.78 Å². The number of anilines is 2. The van der Waals surface area contributed by atoms with Gasteiger partial charge in [-0.3, -0.25) is 19.9 Å². The van der Waals surface area contributed by atoms with Gasteiger partial charge in [-0.05, 0) is 42.7 Å². The maximum atomic E-state index is 12.9. The fraction of sp³-hybridized carbons (Fsp3) is 0.208. The number of amides is 2. The molecule has 0 radical (unpaired) electrons. The van der Waals surface area contributed by atoms with Gasteiger partial charge in [-0.15, -0.1) is 0 Å². The van der Waals surface area contributed by atoms with Crippen LogP contribution >= 0.6 is 11.6 Å². The van der Waals surface area contributed by atoms with Crippen LogP contribution < -0.4 is 10.6 Å². The quantitative estimate of drug-likeness (QED) is 0.485. The molecule has 4 rings (SSSR count). The van der Waals surface area contributed by atoms with Crippen molar-refractivity contribution in [2.75, 3.05) is 10.6 Å². The second kappa shape index (κ2) is 8.99. The molecule has 0 aliphatic heterocycles. The van der Waals surface area contributed by atoms with Crippen LogP contribution in [0, 0.1) is 5.41 Å². The van der Waals surface area contributed by atoms with E-state index < -0.39 is 17.4 Å². The number of nitrogens with zero attached hydrogens (tertiary/aromatic N) is 2. The number of aliphatic carboxylic acids is 1. The van der Waals surface area contributed by atoms with Crippen LogP contribution in [-0.4, -0.2) is 32.9 Å². The number of nitrogens with one attached hydrogen (secondary N) is 2. The topological polar surface area (TPSA) is 121 Å². The lowest BCUT2D eigenvalue weighted by Crippen LogP contribution is -2.35. The Balaban J connectivity index is 1.46. The number of fused-ring (bicyclic) bond motifs is 1. The third-order valence-electron chi connectivity index (χ3n) is 5.66. The van der Waals surface area contributed by atoms with Crippen LogP contribution in [0.1, 0.15) is 35.7 Å². The normalized spacial score (nSPS) is 17.2. The molecule has 2 amide bonds. The standard InChI is InChI=1S/C24H21ClN4O4/c1-24(11-21(30)31)8-7-14-9-15(5-6-18(14)22(24)32)19-12-27-20(13-26-19)29-23(33)28-17-4-2-3-16(25)10-17/h2-6,9-10,12-13H,7-8,11H2,1H3,(H,30,31)(H2,27,28,29,33). The predicted molar refractivity (Wildman–Crippen MR) is 125 cm³/mol. The highest BCUT2D eigenvalue weighted by Crippen LogP contribution is 2.39. The average molecular weight is 465 g/mol. The summed E-state index contributed by atoms with van der Waals surface area (Å²) in [5.41, 5.74) is 2.45. The van der Waals surface area contributed by atoms with Crippen LogP contribution in [0.3, 0.4) is 0 Å². The molecule has 1 unspecified atom stereocenters. The minimum Gasteiger partial charge on any atom is -0.481 e. The summed E-state index contributed by atoms with van der Waals surface area (Å²) in [7, 11) is 0. The molecule has 33 heavy (non-hydrogen) atoms. The number of hydrogen-bond acceptors (Lipinski definition) is 5. The molecule has 3 N–H and O–H groups in total. The van der Waals surface area contributed by atoms with E-state index in [1.54, 1.807) is 43.3 Å². The molecule has 0 spiro atoms. The Labute approximate surface area is 195 Å². The summed E-state index contributed by atoms with van der Waals surface area (Å²) < 4.78 is 0. The number of rotatable bonds is 5. The molecule has 2 aromatic carbocycles. The Morgan fingerprint density at radius 2 is 1.94 bits per heavy atom. The van der Waals surface area contributed by atoms with Crippen molar-refractivity contribution in [1.29, 1.82) is 0 Å². The van der Waals surface area contributed by atoms with Crippen molar-refractivity contribution in [1.82, 2.24) is 9.97 Å². The average Bonchev–Trinajstić information content (AvgIpc) is 2.76. The molecule has 3 aromatic rings. The summed E-state index contributed by atoms with van der Waals surface area (Å²) in [4.78, 5) is 44.8. The Morgan fingerprint density at radius 1 is 1.12 bits per heavy atom. The minimum absolute atomic E-state index is 0.144. The fourth-order valence-electron chi connectivity index (χ4n) is 3.92. The van der Waals surface area contributed by atoms with Gasteiger partial charge in [0.2, 0.25) is 0 Å². The van der Waals surface area contributed by atoms with E-state index in [4.69, 9.17) is 16.7 Å². The summed E-state index contributed by atoms with van der Waals surface area (Å²) in [6.07, 6.45) is 3.88. The number of benzene rings is 2. The summed E-state index contributed by atoms with van der Waals surface area (Å²) in [6.45, 7) is 1.71. The lowest BCUT2D eigenvalue weighted by Gasteiger charge is -2.32. The van der Waals surface area contributed by atoms with Gasteiger partial charge in [0.15, 0.2) is 11.6 Å². The third kappa shape index (κ3) is 5.01. The Kier molecular flexibility index (Phi) is 6.11. The molecule has 1 aliphatic rings. The van der Waals surface area contributed by atoms with E-state index in [2.05, 4.69) is 20.6 Å². The van der Waals surface area contributed by atoms with Gasteiger partial charge in [-0.2, -0.15) is 0 Å². The first kappa shape index (κ1) is 22.4. The van der Waals surface area contributed by atoms with E-state index in [-0.39, 0.29) is 18.0 Å². The van der Waals surface area contributed by atoms with E-state index in [9.17, 15) is 14.4 Å². The molecular weight excluding hydrogens is 444 g/mol. The zero-order valence-electron chi connectivity index (χ0n) is 17.8. The van der Waals surface area contributed by atoms with Crippen molar-refractivity contribution in [3.8, 4) is 11.3 Å². The first-order chi connectivity index (χ1) is 15.7. The molecule has 8 nitrogen and oxygen atoms in total. The summed E-state index contributed by atoms with van der Waals surface area (Å²) in [6, 6.07) is 11.7. The van der Waals surface area contributed by atoms with Gasteiger partial charge in [0.1, 0.15) is 0 Å². The highest BCUT2D eigenvalue weighted by Gasteiger charge is 2.40. The van der Waals surface area contributed by atoms with Crippen LogP contribution in [0.4, 0.5) is 16.3 Å². The molecular formula is C24H21ClN4O4. The second-order valence-electron chi connectivity index (χ2n) is 8.21. The van der Waals surface area contributed by atoms with Crippen LogP contribution in [0.15, 0.2) is 54.9 Å². The molecule has 1 aliphatic carbocycles. The molecule has 0 fully saturated rings. The van der Waals surface area contributed by atoms with Crippen molar-refractivity contribution < 1.29 is 19.5 Å². The smallest absolute Gasteiger partial charge is 0.324 e. The number of aryl methyl sites for hydroxylation is 1. The predicted octanol–water partition coefficient (Wildman–Crippen LogP) is 5.05. The number of carboxylic acid groups (broad SMARTS) is 1. The van der Waals surface area contributed by atoms with Crippen molar-refractivity contribution >= 4 is 40.9 Å². The lowest BCUT2D eigenvalue weighted by atomic mass is 9.69. The largest absolute Gasteiger partial charge is 0.481 e. The molecule has 0 saturated heterocycles. The molecule has 0 saturated carbocycles. The fourth-order valence-corrected chi connectivity index (χ4v) is 4.11. The van der Waals surface area contributed by atoms with Crippen molar-refractivity contribution in [3.63, 3.8) is 0 Å². The Bertz CT molecular complexity index is 1250. The number of Topliss-reactive ketones (excluding diaryl/α,β-unsaturated/α-hetero) is 1. The van der Waals surface area contributed by atoms with E-state index in [0.29, 0.717) is 34.8 Å². The number of halogens is 1. The third-order valence-corrected chi connectivity index (χ3v) is 5.89. The molecule has 9 heteroatoms. The summed E-state index contributed by atoms with van der Waals surface area (Å²) in [5, 5.41) is 14.9. The van der Waals surface area contributed by atoms with Crippen molar-refractivity contribution in [3.05, 3.63) is 71.0 Å². The van der Waals surface area contributed by atoms with E-state index in [1.165, 1.54) is 12.4 Å². The van der Waals surface area contributed by atoms with Gasteiger partial charge in [0.05, 0.1) is 24.5 Å². The van der Waals surface area contributed by atoms with Gasteiger partial charge in [0, 0.05) is 27.3 Å². The first-order valence-electron chi connectivity index (χ1n) is 10.3. The van der Waals surface area contributed by atoms with Crippen molar-refractivity contribution in [2.24, 2.45) is 5.41 Å². The number of aromatic nitrogens is 2. The SMILES string of the molecule is CC1(CC(=O)O)CCc2cc(-c3cnc(NC(=O)Nc4cccc(Cl)c4)cn3)ccc2C1=O. The van der Waals surface area contributed by atoms with Crippen LogP contribution in [-0.2, 0) is 11.2 Å². The molecule has 1 heterocycles. The highest BCUT2D eigenvalue weighted by atomic mass is 35.5. The van der Waals surface area contributed by atoms with Gasteiger partial charge < -0.3 is 10.4 Å². The van der Waals surface area contributed by atoms with E-state index in [1.807, 2.05) is 6.07 Å². The number of carbonyl (C=O) groups is 3. The van der Waals surface area contributed by atoms with Gasteiger partial charge >= 0.3 is 12.0 Å². The zero-order valence-corrected chi connectivity index (χ0v) is 18.5. The highest BCUT2D eigenvalue weighted by molar-refractivity contribution is 6.30. The number of urea groups is 1. The first-order valence-corrected chi connectivity index (χ1v) is 10.7. The molecule has 168 valence electrons. The Morgan fingerprint density at radius 3 is 2.64 bits per heavy atom. The van der Waals surface area contributed by atoms with Crippen LogP contribution in [0.5, 0.6) is 0 Å². The molecule has 0 bridgehead atoms. The number of carbonyl (C=O) groups excluding carboxylic acids is 2. The van der Waals surface area contributed by atoms with E-state index >= 15 is 0 Å². The van der Waals surface area contributed by atoms with E-state index in [0.717, 1.165) is 11.1 Å². The van der Waals surface area contributed by atoms with Gasteiger partial charge in [0.25, 0.3) is 0 Å².